The Balaban J connectivity index is 1.49. The smallest absolute Gasteiger partial charge is 0.251 e. The Morgan fingerprint density at radius 1 is 0.939 bits per heavy atom. The number of rotatable bonds is 6. The molecule has 2 aromatic carbocycles. The van der Waals surface area contributed by atoms with E-state index in [-0.39, 0.29) is 22.8 Å². The van der Waals surface area contributed by atoms with Crippen LogP contribution in [0.3, 0.4) is 0 Å². The lowest BCUT2D eigenvalue weighted by Gasteiger charge is -2.26. The van der Waals surface area contributed by atoms with E-state index in [9.17, 15) is 13.2 Å². The van der Waals surface area contributed by atoms with Gasteiger partial charge in [-0.05, 0) is 47.9 Å². The standard InChI is InChI=1S/C24H30N2O6S/c1-17(2)23(19-6-9-21-22(16-19)32-13-3-12-31-21)25-24(27)18-4-7-20(8-5-18)33(28,29)26-10-14-30-15-11-26/h4-9,16-17,23H,3,10-15H2,1-2H3,(H,25,27). The number of nitrogens with zero attached hydrogens (tertiary/aromatic N) is 1. The summed E-state index contributed by atoms with van der Waals surface area (Å²) in [7, 11) is -3.60. The fourth-order valence-corrected chi connectivity index (χ4v) is 5.36. The summed E-state index contributed by atoms with van der Waals surface area (Å²) in [5, 5.41) is 3.08. The van der Waals surface area contributed by atoms with Crippen molar-refractivity contribution in [3.05, 3.63) is 53.6 Å². The Morgan fingerprint density at radius 2 is 1.61 bits per heavy atom. The molecule has 1 unspecified atom stereocenters. The molecule has 1 saturated heterocycles. The van der Waals surface area contributed by atoms with Crippen molar-refractivity contribution in [3.63, 3.8) is 0 Å². The number of amides is 1. The van der Waals surface area contributed by atoms with Crippen molar-refractivity contribution in [2.45, 2.75) is 31.2 Å². The van der Waals surface area contributed by atoms with Gasteiger partial charge in [0, 0.05) is 25.1 Å². The molecule has 1 N–H and O–H groups in total. The number of carbonyl (C=O) groups excluding carboxylic acids is 1. The first kappa shape index (κ1) is 23.5. The molecule has 0 bridgehead atoms. The molecule has 1 atom stereocenters. The normalized spacial score (nSPS) is 17.9. The van der Waals surface area contributed by atoms with Gasteiger partial charge in [-0.2, -0.15) is 4.31 Å². The number of sulfonamides is 1. The van der Waals surface area contributed by atoms with Crippen LogP contribution in [0, 0.1) is 5.92 Å². The van der Waals surface area contributed by atoms with Crippen LogP contribution in [0.25, 0.3) is 0 Å². The van der Waals surface area contributed by atoms with Gasteiger partial charge in [-0.3, -0.25) is 4.79 Å². The Kier molecular flexibility index (Phi) is 7.21. The van der Waals surface area contributed by atoms with Gasteiger partial charge in [0.25, 0.3) is 5.91 Å². The van der Waals surface area contributed by atoms with Crippen LogP contribution < -0.4 is 14.8 Å². The summed E-state index contributed by atoms with van der Waals surface area (Å²) in [4.78, 5) is 13.2. The molecule has 1 amide bonds. The van der Waals surface area contributed by atoms with Gasteiger partial charge in [0.05, 0.1) is 37.4 Å². The molecule has 178 valence electrons. The van der Waals surface area contributed by atoms with Crippen molar-refractivity contribution < 1.29 is 27.4 Å². The van der Waals surface area contributed by atoms with E-state index >= 15 is 0 Å². The molecule has 0 aliphatic carbocycles. The monoisotopic (exact) mass is 474 g/mol. The fourth-order valence-electron chi connectivity index (χ4n) is 3.95. The van der Waals surface area contributed by atoms with E-state index in [4.69, 9.17) is 14.2 Å². The lowest BCUT2D eigenvalue weighted by molar-refractivity contribution is 0.0730. The summed E-state index contributed by atoms with van der Waals surface area (Å²) in [5.41, 5.74) is 1.32. The molecule has 0 spiro atoms. The number of morpholine rings is 1. The van der Waals surface area contributed by atoms with Crippen molar-refractivity contribution in [1.29, 1.82) is 0 Å². The zero-order chi connectivity index (χ0) is 23.4. The maximum absolute atomic E-state index is 13.0. The van der Waals surface area contributed by atoms with Crippen LogP contribution in [-0.2, 0) is 14.8 Å². The fraction of sp³-hybridized carbons (Fsp3) is 0.458. The molecule has 4 rings (SSSR count). The first-order valence-corrected chi connectivity index (χ1v) is 12.7. The average Bonchev–Trinajstić information content (AvgIpc) is 3.08. The zero-order valence-corrected chi connectivity index (χ0v) is 19.8. The lowest BCUT2D eigenvalue weighted by atomic mass is 9.95. The third kappa shape index (κ3) is 5.31. The highest BCUT2D eigenvalue weighted by Gasteiger charge is 2.27. The van der Waals surface area contributed by atoms with E-state index in [0.29, 0.717) is 56.6 Å². The van der Waals surface area contributed by atoms with Gasteiger partial charge in [0.15, 0.2) is 11.5 Å². The molecule has 2 aliphatic heterocycles. The van der Waals surface area contributed by atoms with Crippen molar-refractivity contribution >= 4 is 15.9 Å². The van der Waals surface area contributed by atoms with Crippen LogP contribution in [0.1, 0.15) is 42.2 Å². The van der Waals surface area contributed by atoms with E-state index in [1.54, 1.807) is 12.1 Å². The summed E-state index contributed by atoms with van der Waals surface area (Å²) in [6.07, 6.45) is 0.825. The summed E-state index contributed by atoms with van der Waals surface area (Å²) in [6.45, 7) is 6.71. The van der Waals surface area contributed by atoms with Gasteiger partial charge in [-0.15, -0.1) is 0 Å². The summed E-state index contributed by atoms with van der Waals surface area (Å²) in [6, 6.07) is 11.6. The molecule has 0 aromatic heterocycles. The minimum absolute atomic E-state index is 0.125. The predicted octanol–water partition coefficient (Wildman–Crippen LogP) is 3.00. The largest absolute Gasteiger partial charge is 0.490 e. The molecule has 2 aromatic rings. The minimum atomic E-state index is -3.60. The van der Waals surface area contributed by atoms with Crippen molar-refractivity contribution in [2.24, 2.45) is 5.92 Å². The molecule has 0 radical (unpaired) electrons. The summed E-state index contributed by atoms with van der Waals surface area (Å²) >= 11 is 0. The predicted molar refractivity (Wildman–Crippen MR) is 123 cm³/mol. The molecule has 0 saturated carbocycles. The quantitative estimate of drug-likeness (QED) is 0.692. The van der Waals surface area contributed by atoms with Crippen molar-refractivity contribution in [2.75, 3.05) is 39.5 Å². The van der Waals surface area contributed by atoms with Crippen LogP contribution in [0.4, 0.5) is 0 Å². The van der Waals surface area contributed by atoms with E-state index in [2.05, 4.69) is 5.32 Å². The van der Waals surface area contributed by atoms with Gasteiger partial charge in [-0.25, -0.2) is 8.42 Å². The number of benzene rings is 2. The number of fused-ring (bicyclic) bond motifs is 1. The van der Waals surface area contributed by atoms with E-state index < -0.39 is 10.0 Å². The Hall–Kier alpha value is -2.62. The van der Waals surface area contributed by atoms with Crippen LogP contribution >= 0.6 is 0 Å². The van der Waals surface area contributed by atoms with Crippen molar-refractivity contribution in [1.82, 2.24) is 9.62 Å². The molecule has 8 nitrogen and oxygen atoms in total. The maximum atomic E-state index is 13.0. The molecule has 1 fully saturated rings. The maximum Gasteiger partial charge on any atom is 0.251 e. The first-order chi connectivity index (χ1) is 15.9. The number of ether oxygens (including phenoxy) is 3. The van der Waals surface area contributed by atoms with Crippen molar-refractivity contribution in [3.8, 4) is 11.5 Å². The summed E-state index contributed by atoms with van der Waals surface area (Å²) in [5.74, 6) is 1.25. The third-order valence-electron chi connectivity index (χ3n) is 5.81. The Labute approximate surface area is 194 Å². The molecule has 2 aliphatic rings. The van der Waals surface area contributed by atoms with E-state index in [0.717, 1.165) is 12.0 Å². The lowest BCUT2D eigenvalue weighted by Crippen LogP contribution is -2.40. The number of nitrogens with one attached hydrogen (secondary N) is 1. The molecule has 2 heterocycles. The third-order valence-corrected chi connectivity index (χ3v) is 7.72. The second-order valence-electron chi connectivity index (χ2n) is 8.49. The Morgan fingerprint density at radius 3 is 2.27 bits per heavy atom. The van der Waals surface area contributed by atoms with Gasteiger partial charge in [0.2, 0.25) is 10.0 Å². The van der Waals surface area contributed by atoms with Gasteiger partial charge < -0.3 is 19.5 Å². The van der Waals surface area contributed by atoms with E-state index in [1.165, 1.54) is 16.4 Å². The number of hydrogen-bond donors (Lipinski definition) is 1. The van der Waals surface area contributed by atoms with Crippen LogP contribution in [0.15, 0.2) is 47.4 Å². The molecular formula is C24H30N2O6S. The average molecular weight is 475 g/mol. The van der Waals surface area contributed by atoms with Crippen LogP contribution in [0.5, 0.6) is 11.5 Å². The van der Waals surface area contributed by atoms with Gasteiger partial charge in [0.1, 0.15) is 0 Å². The highest BCUT2D eigenvalue weighted by molar-refractivity contribution is 7.89. The second kappa shape index (κ2) is 10.1. The molecule has 9 heteroatoms. The van der Waals surface area contributed by atoms with Crippen LogP contribution in [0.2, 0.25) is 0 Å². The molecular weight excluding hydrogens is 444 g/mol. The SMILES string of the molecule is CC(C)C(NC(=O)c1ccc(S(=O)(=O)N2CCOCC2)cc1)c1ccc2c(c1)OCCCO2. The van der Waals surface area contributed by atoms with Gasteiger partial charge >= 0.3 is 0 Å². The number of hydrogen-bond acceptors (Lipinski definition) is 6. The minimum Gasteiger partial charge on any atom is -0.490 e. The highest BCUT2D eigenvalue weighted by atomic mass is 32.2. The highest BCUT2D eigenvalue weighted by Crippen LogP contribution is 2.34. The van der Waals surface area contributed by atoms with E-state index in [1.807, 2.05) is 32.0 Å². The second-order valence-corrected chi connectivity index (χ2v) is 10.4. The zero-order valence-electron chi connectivity index (χ0n) is 19.0. The first-order valence-electron chi connectivity index (χ1n) is 11.2. The Bertz CT molecular complexity index is 1080. The molecule has 33 heavy (non-hydrogen) atoms. The van der Waals surface area contributed by atoms with Crippen LogP contribution in [-0.4, -0.2) is 58.1 Å². The number of carbonyl (C=O) groups is 1. The van der Waals surface area contributed by atoms with Gasteiger partial charge in [-0.1, -0.05) is 19.9 Å². The topological polar surface area (TPSA) is 94.2 Å². The summed E-state index contributed by atoms with van der Waals surface area (Å²) < 4.78 is 43.8.